The number of carboxylic acids is 1. The number of hydrogen-bond acceptors (Lipinski definition) is 10. The number of aliphatic carboxylic acids is 1. The Kier molecular flexibility index (Phi) is 19.2. The van der Waals surface area contributed by atoms with Gasteiger partial charge in [-0.05, 0) is 55.0 Å². The van der Waals surface area contributed by atoms with Gasteiger partial charge >= 0.3 is 5.97 Å². The number of carboxylic acid groups (broad SMARTS) is 1. The number of nitrogens with zero attached hydrogens (tertiary/aromatic N) is 1. The van der Waals surface area contributed by atoms with Crippen LogP contribution in [-0.2, 0) is 44.8 Å². The number of para-hydroxylation sites is 1. The van der Waals surface area contributed by atoms with E-state index in [0.29, 0.717) is 25.5 Å². The Bertz CT molecular complexity index is 1760. The minimum absolute atomic E-state index is 0.00189. The molecule has 18 heteroatoms. The summed E-state index contributed by atoms with van der Waals surface area (Å²) in [6.45, 7) is 7.39. The monoisotopic (exact) mass is 828 g/mol. The van der Waals surface area contributed by atoms with Gasteiger partial charge in [-0.3, -0.25) is 33.6 Å². The van der Waals surface area contributed by atoms with E-state index in [1.54, 1.807) is 27.0 Å². The molecule has 1 fully saturated rings. The molecule has 0 spiro atoms. The van der Waals surface area contributed by atoms with Crippen LogP contribution in [0.1, 0.15) is 78.2 Å². The number of thioether (sulfide) groups is 1. The molecule has 1 aromatic carbocycles. The normalized spacial score (nSPS) is 23.6. The molecule has 0 unspecified atom stereocenters. The third-order valence-corrected chi connectivity index (χ3v) is 11.7. The molecule has 17 nitrogen and oxygen atoms in total. The van der Waals surface area contributed by atoms with Crippen LogP contribution in [0.5, 0.6) is 0 Å². The highest BCUT2D eigenvalue weighted by atomic mass is 32.2. The smallest absolute Gasteiger partial charge is 0.305 e. The van der Waals surface area contributed by atoms with Gasteiger partial charge < -0.3 is 52.1 Å². The summed E-state index contributed by atoms with van der Waals surface area (Å²) < 4.78 is 0. The van der Waals surface area contributed by atoms with Crippen LogP contribution in [-0.4, -0.2) is 124 Å². The number of benzene rings is 1. The van der Waals surface area contributed by atoms with Gasteiger partial charge in [0.25, 0.3) is 0 Å². The van der Waals surface area contributed by atoms with E-state index in [1.165, 1.54) is 23.7 Å². The van der Waals surface area contributed by atoms with E-state index in [-0.39, 0.29) is 43.7 Å². The van der Waals surface area contributed by atoms with Crippen LogP contribution in [0, 0.1) is 11.8 Å². The number of H-pyrrole nitrogens is 1. The van der Waals surface area contributed by atoms with Crippen molar-refractivity contribution in [3.63, 3.8) is 0 Å². The Balaban J connectivity index is 2.04. The SMILES string of the molecule is CC[C@H](C)[C@@H]1NC(=O)[C@H]([C@@H](C)CC)NC(=O)[C@@H](Cc2c[nH]c3ccccc23)NC(=O)CCSCC[C@H](C(=O)N(C)[C@H](C=O)CCCN)NC(=O)[C@H](CC(=O)O)NC1=O. The number of hydrogen-bond donors (Lipinski definition) is 8. The number of carbonyl (C=O) groups excluding carboxylic acids is 7. The molecule has 0 radical (unpaired) electrons. The maximum absolute atomic E-state index is 14.1. The Morgan fingerprint density at radius 1 is 0.897 bits per heavy atom. The highest BCUT2D eigenvalue weighted by molar-refractivity contribution is 7.99. The fourth-order valence-electron chi connectivity index (χ4n) is 6.63. The van der Waals surface area contributed by atoms with Gasteiger partial charge in [-0.2, -0.15) is 11.8 Å². The summed E-state index contributed by atoms with van der Waals surface area (Å²) >= 11 is 1.31. The highest BCUT2D eigenvalue weighted by Gasteiger charge is 2.37. The standard InChI is InChI=1S/C40H60N8O9S/c1-6-23(3)34-38(55)45-31(20-33(51)52)36(53)44-29(40(57)48(5)26(22-49)11-10-16-41)14-17-58-18-15-32(50)43-30(19-25-21-42-28-13-9-8-12-27(25)28)37(54)46-35(24(4)7-2)39(56)47-34/h8-9,12-13,21-24,26,29-31,34-35,42H,6-7,10-11,14-20,41H2,1-5H3,(H,43,50)(H,44,53)(H,45,55)(H,46,54)(H,47,56)(H,51,52)/t23-,24-,26-,29+,30+,31-,34-,35-/m0/s1. The van der Waals surface area contributed by atoms with Crippen molar-refractivity contribution in [1.82, 2.24) is 36.5 Å². The zero-order valence-electron chi connectivity index (χ0n) is 34.0. The number of amides is 6. The van der Waals surface area contributed by atoms with Crippen LogP contribution in [0.25, 0.3) is 10.9 Å². The van der Waals surface area contributed by atoms with Gasteiger partial charge in [-0.25, -0.2) is 0 Å². The summed E-state index contributed by atoms with van der Waals surface area (Å²) in [5.74, 6) is -5.91. The molecule has 3 rings (SSSR count). The van der Waals surface area contributed by atoms with Crippen LogP contribution < -0.4 is 32.3 Å². The number of aldehydes is 1. The molecule has 6 amide bonds. The third-order valence-electron chi connectivity index (χ3n) is 10.7. The molecule has 2 aromatic rings. The Hall–Kier alpha value is -4.97. The summed E-state index contributed by atoms with van der Waals surface area (Å²) in [7, 11) is 1.42. The molecule has 1 aliphatic heterocycles. The molecule has 58 heavy (non-hydrogen) atoms. The predicted octanol–water partition coefficient (Wildman–Crippen LogP) is 0.993. The molecule has 0 saturated carbocycles. The average Bonchev–Trinajstić information content (AvgIpc) is 3.61. The maximum Gasteiger partial charge on any atom is 0.305 e. The second-order valence-electron chi connectivity index (χ2n) is 14.9. The summed E-state index contributed by atoms with van der Waals surface area (Å²) in [4.78, 5) is 111. The quantitative estimate of drug-likeness (QED) is 0.125. The van der Waals surface area contributed by atoms with Crippen molar-refractivity contribution in [3.05, 3.63) is 36.0 Å². The lowest BCUT2D eigenvalue weighted by molar-refractivity contribution is -0.143. The van der Waals surface area contributed by atoms with Gasteiger partial charge in [0, 0.05) is 42.7 Å². The average molecular weight is 829 g/mol. The number of carbonyl (C=O) groups is 8. The summed E-state index contributed by atoms with van der Waals surface area (Å²) in [6, 6.07) is 0.341. The van der Waals surface area contributed by atoms with E-state index in [9.17, 15) is 43.5 Å². The molecule has 0 aliphatic carbocycles. The van der Waals surface area contributed by atoms with E-state index in [2.05, 4.69) is 31.6 Å². The van der Waals surface area contributed by atoms with Gasteiger partial charge in [0.2, 0.25) is 35.4 Å². The maximum atomic E-state index is 14.1. The largest absolute Gasteiger partial charge is 0.481 e. The van der Waals surface area contributed by atoms with Gasteiger partial charge in [-0.1, -0.05) is 58.7 Å². The fourth-order valence-corrected chi connectivity index (χ4v) is 7.57. The minimum Gasteiger partial charge on any atom is -0.481 e. The van der Waals surface area contributed by atoms with Crippen molar-refractivity contribution < 1.29 is 43.5 Å². The Morgan fingerprint density at radius 2 is 1.52 bits per heavy atom. The molecule has 1 aromatic heterocycles. The first kappa shape index (κ1) is 47.4. The number of fused-ring (bicyclic) bond motifs is 1. The molecule has 320 valence electrons. The molecule has 1 saturated heterocycles. The second-order valence-corrected chi connectivity index (χ2v) is 16.1. The van der Waals surface area contributed by atoms with Gasteiger partial charge in [0.15, 0.2) is 0 Å². The van der Waals surface area contributed by atoms with Crippen LogP contribution in [0.2, 0.25) is 0 Å². The Morgan fingerprint density at radius 3 is 2.14 bits per heavy atom. The number of aromatic nitrogens is 1. The minimum atomic E-state index is -1.65. The van der Waals surface area contributed by atoms with Gasteiger partial charge in [0.05, 0.1) is 12.5 Å². The summed E-state index contributed by atoms with van der Waals surface area (Å²) in [5.41, 5.74) is 7.25. The van der Waals surface area contributed by atoms with E-state index in [0.717, 1.165) is 16.5 Å². The van der Waals surface area contributed by atoms with Crippen molar-refractivity contribution in [2.24, 2.45) is 17.6 Å². The number of aromatic amines is 1. The van der Waals surface area contributed by atoms with Crippen molar-refractivity contribution in [2.45, 2.75) is 115 Å². The number of likely N-dealkylation sites (N-methyl/N-ethyl adjacent to an activating group) is 1. The molecule has 1 aliphatic rings. The highest BCUT2D eigenvalue weighted by Crippen LogP contribution is 2.20. The van der Waals surface area contributed by atoms with Crippen molar-refractivity contribution in [3.8, 4) is 0 Å². The number of nitrogens with two attached hydrogens (primary N) is 1. The van der Waals surface area contributed by atoms with Crippen molar-refractivity contribution >= 4 is 70.4 Å². The van der Waals surface area contributed by atoms with Crippen LogP contribution >= 0.6 is 11.8 Å². The van der Waals surface area contributed by atoms with E-state index in [4.69, 9.17) is 5.73 Å². The number of nitrogens with one attached hydrogen (secondary N) is 6. The van der Waals surface area contributed by atoms with Gasteiger partial charge in [0.1, 0.15) is 36.5 Å². The number of rotatable bonds is 14. The third kappa shape index (κ3) is 13.6. The molecular weight excluding hydrogens is 769 g/mol. The lowest BCUT2D eigenvalue weighted by atomic mass is 9.94. The lowest BCUT2D eigenvalue weighted by Gasteiger charge is -2.31. The van der Waals surface area contributed by atoms with Crippen molar-refractivity contribution in [2.75, 3.05) is 25.1 Å². The van der Waals surface area contributed by atoms with E-state index in [1.807, 2.05) is 31.2 Å². The zero-order chi connectivity index (χ0) is 42.9. The first-order chi connectivity index (χ1) is 27.6. The summed E-state index contributed by atoms with van der Waals surface area (Å²) in [5, 5.41) is 24.1. The second kappa shape index (κ2) is 23.4. The van der Waals surface area contributed by atoms with Crippen LogP contribution in [0.15, 0.2) is 30.5 Å². The van der Waals surface area contributed by atoms with E-state index < -0.39 is 95.9 Å². The molecule has 0 bridgehead atoms. The first-order valence-corrected chi connectivity index (χ1v) is 21.1. The first-order valence-electron chi connectivity index (χ1n) is 19.9. The van der Waals surface area contributed by atoms with Gasteiger partial charge in [-0.15, -0.1) is 0 Å². The Labute approximate surface area is 343 Å². The molecular formula is C40H60N8O9S. The van der Waals surface area contributed by atoms with E-state index >= 15 is 0 Å². The lowest BCUT2D eigenvalue weighted by Crippen LogP contribution is -2.61. The molecule has 2 heterocycles. The fraction of sp³-hybridized carbons (Fsp3) is 0.600. The predicted molar refractivity (Wildman–Crippen MR) is 220 cm³/mol. The summed E-state index contributed by atoms with van der Waals surface area (Å²) in [6.07, 6.45) is 3.29. The molecule has 8 atom stereocenters. The topological polar surface area (TPSA) is 262 Å². The zero-order valence-corrected chi connectivity index (χ0v) is 34.8. The van der Waals surface area contributed by atoms with Crippen LogP contribution in [0.3, 0.4) is 0 Å². The van der Waals surface area contributed by atoms with Crippen molar-refractivity contribution in [1.29, 1.82) is 0 Å². The molecule has 9 N–H and O–H groups in total. The van der Waals surface area contributed by atoms with Crippen LogP contribution in [0.4, 0.5) is 0 Å².